The zero-order chi connectivity index (χ0) is 11.4. The maximum atomic E-state index is 8.65. The van der Waals surface area contributed by atoms with Crippen molar-refractivity contribution < 1.29 is 0 Å². The van der Waals surface area contributed by atoms with Crippen molar-refractivity contribution in [2.45, 2.75) is 0 Å². The minimum atomic E-state index is 0.651. The van der Waals surface area contributed by atoms with Gasteiger partial charge in [0, 0.05) is 13.2 Å². The third-order valence-electron chi connectivity index (χ3n) is 2.33. The van der Waals surface area contributed by atoms with E-state index in [0.717, 1.165) is 11.4 Å². The maximum Gasteiger partial charge on any atom is 0.0991 e. The van der Waals surface area contributed by atoms with Crippen LogP contribution in [0.3, 0.4) is 0 Å². The molecule has 2 rings (SSSR count). The first-order valence-electron chi connectivity index (χ1n) is 4.95. The molecule has 0 unspecified atom stereocenters. The molecule has 1 aromatic heterocycles. The van der Waals surface area contributed by atoms with Crippen LogP contribution in [0.25, 0.3) is 0 Å². The molecule has 16 heavy (non-hydrogen) atoms. The van der Waals surface area contributed by atoms with E-state index in [-0.39, 0.29) is 0 Å². The number of hydrogen-bond donors (Lipinski definition) is 0. The maximum absolute atomic E-state index is 8.65. The van der Waals surface area contributed by atoms with Crippen molar-refractivity contribution >= 4 is 11.9 Å². The topological polar surface area (TPSA) is 41.1 Å². The number of rotatable bonds is 2. The smallest absolute Gasteiger partial charge is 0.0991 e. The lowest BCUT2D eigenvalue weighted by atomic mass is 10.2. The fourth-order valence-electron chi connectivity index (χ4n) is 1.37. The van der Waals surface area contributed by atoms with Crippen LogP contribution in [-0.2, 0) is 7.05 Å². The fraction of sp³-hybridized carbons (Fsp3) is 0.0769. The average Bonchev–Trinajstić information content (AvgIpc) is 2.73. The van der Waals surface area contributed by atoms with Gasteiger partial charge in [-0.25, -0.2) is 0 Å². The van der Waals surface area contributed by atoms with Crippen molar-refractivity contribution in [2.24, 2.45) is 12.0 Å². The highest BCUT2D eigenvalue weighted by molar-refractivity contribution is 5.80. The van der Waals surface area contributed by atoms with E-state index in [1.165, 1.54) is 0 Å². The Bertz CT molecular complexity index is 541. The van der Waals surface area contributed by atoms with Gasteiger partial charge in [-0.15, -0.1) is 0 Å². The SMILES string of the molecule is Cn1cccc1C=Nc1ccc(C#N)cc1. The van der Waals surface area contributed by atoms with Crippen molar-refractivity contribution in [2.75, 3.05) is 0 Å². The minimum absolute atomic E-state index is 0.651. The number of hydrogen-bond acceptors (Lipinski definition) is 2. The van der Waals surface area contributed by atoms with E-state index in [1.54, 1.807) is 18.3 Å². The summed E-state index contributed by atoms with van der Waals surface area (Å²) >= 11 is 0. The summed E-state index contributed by atoms with van der Waals surface area (Å²) in [5, 5.41) is 8.65. The molecule has 0 amide bonds. The van der Waals surface area contributed by atoms with Gasteiger partial charge in [-0.3, -0.25) is 4.99 Å². The van der Waals surface area contributed by atoms with Crippen LogP contribution in [0.5, 0.6) is 0 Å². The first-order chi connectivity index (χ1) is 7.79. The van der Waals surface area contributed by atoms with Crippen LogP contribution in [-0.4, -0.2) is 10.8 Å². The van der Waals surface area contributed by atoms with Gasteiger partial charge in [-0.05, 0) is 36.4 Å². The second kappa shape index (κ2) is 4.45. The van der Waals surface area contributed by atoms with Gasteiger partial charge in [0.1, 0.15) is 0 Å². The molecule has 78 valence electrons. The van der Waals surface area contributed by atoms with E-state index in [4.69, 9.17) is 5.26 Å². The number of aryl methyl sites for hydroxylation is 1. The second-order valence-electron chi connectivity index (χ2n) is 3.46. The van der Waals surface area contributed by atoms with Crippen molar-refractivity contribution in [3.05, 3.63) is 53.9 Å². The third-order valence-corrected chi connectivity index (χ3v) is 2.33. The summed E-state index contributed by atoms with van der Waals surface area (Å²) in [5.74, 6) is 0. The van der Waals surface area contributed by atoms with Crippen molar-refractivity contribution in [1.29, 1.82) is 5.26 Å². The number of benzene rings is 1. The molecule has 0 aliphatic carbocycles. The second-order valence-corrected chi connectivity index (χ2v) is 3.46. The summed E-state index contributed by atoms with van der Waals surface area (Å²) in [4.78, 5) is 4.33. The highest BCUT2D eigenvalue weighted by Crippen LogP contribution is 2.12. The van der Waals surface area contributed by atoms with Gasteiger partial charge in [-0.1, -0.05) is 0 Å². The van der Waals surface area contributed by atoms with Gasteiger partial charge >= 0.3 is 0 Å². The third kappa shape index (κ3) is 2.18. The molecule has 0 spiro atoms. The predicted octanol–water partition coefficient (Wildman–Crippen LogP) is 2.65. The summed E-state index contributed by atoms with van der Waals surface area (Å²) in [6.45, 7) is 0. The number of aromatic nitrogens is 1. The molecule has 0 N–H and O–H groups in total. The molecule has 3 nitrogen and oxygen atoms in total. The molecular formula is C13H11N3. The standard InChI is InChI=1S/C13H11N3/c1-16-8-2-3-13(16)10-15-12-6-4-11(9-14)5-7-12/h2-8,10H,1H3. The van der Waals surface area contributed by atoms with Crippen molar-refractivity contribution in [3.8, 4) is 6.07 Å². The number of aliphatic imine (C=N–C) groups is 1. The first-order valence-corrected chi connectivity index (χ1v) is 4.95. The molecule has 0 saturated carbocycles. The van der Waals surface area contributed by atoms with Gasteiger partial charge in [0.2, 0.25) is 0 Å². The van der Waals surface area contributed by atoms with Crippen LogP contribution < -0.4 is 0 Å². The molecule has 3 heteroatoms. The molecule has 0 bridgehead atoms. The van der Waals surface area contributed by atoms with E-state index >= 15 is 0 Å². The van der Waals surface area contributed by atoms with E-state index in [0.29, 0.717) is 5.56 Å². The van der Waals surface area contributed by atoms with Crippen LogP contribution in [0.2, 0.25) is 0 Å². The molecule has 0 fully saturated rings. The number of nitrogens with zero attached hydrogens (tertiary/aromatic N) is 3. The molecular weight excluding hydrogens is 198 g/mol. The van der Waals surface area contributed by atoms with Crippen LogP contribution >= 0.6 is 0 Å². The van der Waals surface area contributed by atoms with Gasteiger partial charge in [0.25, 0.3) is 0 Å². The van der Waals surface area contributed by atoms with E-state index in [2.05, 4.69) is 11.1 Å². The van der Waals surface area contributed by atoms with Gasteiger partial charge in [0.15, 0.2) is 0 Å². The lowest BCUT2D eigenvalue weighted by molar-refractivity contribution is 0.918. The van der Waals surface area contributed by atoms with Crippen LogP contribution in [0.4, 0.5) is 5.69 Å². The summed E-state index contributed by atoms with van der Waals surface area (Å²) in [5.41, 5.74) is 2.54. The molecule has 1 heterocycles. The number of nitriles is 1. The van der Waals surface area contributed by atoms with Crippen LogP contribution in [0.1, 0.15) is 11.3 Å². The molecule has 0 atom stereocenters. The Hall–Kier alpha value is -2.34. The lowest BCUT2D eigenvalue weighted by Crippen LogP contribution is -1.91. The minimum Gasteiger partial charge on any atom is -0.350 e. The average molecular weight is 209 g/mol. The zero-order valence-electron chi connectivity index (χ0n) is 8.96. The predicted molar refractivity (Wildman–Crippen MR) is 63.8 cm³/mol. The Morgan fingerprint density at radius 2 is 2.00 bits per heavy atom. The monoisotopic (exact) mass is 209 g/mol. The summed E-state index contributed by atoms with van der Waals surface area (Å²) < 4.78 is 1.99. The summed E-state index contributed by atoms with van der Waals surface area (Å²) in [6, 6.07) is 13.2. The lowest BCUT2D eigenvalue weighted by Gasteiger charge is -1.96. The summed E-state index contributed by atoms with van der Waals surface area (Å²) in [6.07, 6.45) is 3.78. The Morgan fingerprint density at radius 3 is 2.56 bits per heavy atom. The molecule has 0 radical (unpaired) electrons. The van der Waals surface area contributed by atoms with E-state index in [9.17, 15) is 0 Å². The van der Waals surface area contributed by atoms with E-state index < -0.39 is 0 Å². The largest absolute Gasteiger partial charge is 0.350 e. The molecule has 0 aliphatic heterocycles. The van der Waals surface area contributed by atoms with Gasteiger partial charge in [-0.2, -0.15) is 5.26 Å². The Morgan fingerprint density at radius 1 is 1.25 bits per heavy atom. The molecule has 0 aliphatic rings. The Kier molecular flexibility index (Phi) is 2.84. The van der Waals surface area contributed by atoms with Crippen LogP contribution in [0, 0.1) is 11.3 Å². The van der Waals surface area contributed by atoms with Crippen molar-refractivity contribution in [3.63, 3.8) is 0 Å². The highest BCUT2D eigenvalue weighted by atomic mass is 14.9. The Labute approximate surface area is 94.3 Å². The molecule has 2 aromatic rings. The van der Waals surface area contributed by atoms with Gasteiger partial charge in [0.05, 0.1) is 29.2 Å². The van der Waals surface area contributed by atoms with Gasteiger partial charge < -0.3 is 4.57 Å². The van der Waals surface area contributed by atoms with Crippen LogP contribution in [0.15, 0.2) is 47.6 Å². The first kappa shape index (κ1) is 10.2. The molecule has 0 saturated heterocycles. The summed E-state index contributed by atoms with van der Waals surface area (Å²) in [7, 11) is 1.97. The zero-order valence-corrected chi connectivity index (χ0v) is 8.96. The Balaban J connectivity index is 2.18. The normalized spacial score (nSPS) is 10.5. The van der Waals surface area contributed by atoms with Crippen molar-refractivity contribution in [1.82, 2.24) is 4.57 Å². The highest BCUT2D eigenvalue weighted by Gasteiger charge is 1.93. The van der Waals surface area contributed by atoms with E-state index in [1.807, 2.05) is 42.1 Å². The molecule has 1 aromatic carbocycles. The quantitative estimate of drug-likeness (QED) is 0.701. The fourth-order valence-corrected chi connectivity index (χ4v) is 1.37.